The Kier molecular flexibility index (Phi) is 2.37. The second-order valence-corrected chi connectivity index (χ2v) is 4.74. The number of nitrogens with zero attached hydrogens (tertiary/aromatic N) is 1. The van der Waals surface area contributed by atoms with Crippen LogP contribution in [0.4, 0.5) is 0 Å². The Bertz CT molecular complexity index is 364. The van der Waals surface area contributed by atoms with Gasteiger partial charge >= 0.3 is 0 Å². The monoisotopic (exact) mass is 205 g/mol. The van der Waals surface area contributed by atoms with Crippen molar-refractivity contribution in [1.29, 1.82) is 0 Å². The molecule has 0 saturated carbocycles. The van der Waals surface area contributed by atoms with Gasteiger partial charge in [-0.1, -0.05) is 24.3 Å². The number of hydrogen-bond acceptors (Lipinski definition) is 3. The number of hydroxylamine groups is 2. The fraction of sp³-hybridized carbons (Fsp3) is 0.417. The molecular weight excluding hydrogens is 190 g/mol. The lowest BCUT2D eigenvalue weighted by Crippen LogP contribution is -2.25. The Labute approximate surface area is 89.6 Å². The Morgan fingerprint density at radius 2 is 1.87 bits per heavy atom. The van der Waals surface area contributed by atoms with E-state index in [9.17, 15) is 4.79 Å². The topological polar surface area (TPSA) is 32.6 Å². The molecule has 0 aromatic heterocycles. The van der Waals surface area contributed by atoms with Gasteiger partial charge in [-0.3, -0.25) is 9.63 Å². The molecule has 1 fully saturated rings. The predicted molar refractivity (Wildman–Crippen MR) is 57.2 cm³/mol. The van der Waals surface area contributed by atoms with Gasteiger partial charge in [-0.25, -0.2) is 0 Å². The molecule has 1 saturated heterocycles. The zero-order valence-electron chi connectivity index (χ0n) is 9.23. The average Bonchev–Trinajstić information content (AvgIpc) is 2.97. The minimum absolute atomic E-state index is 0.0218. The lowest BCUT2D eigenvalue weighted by Gasteiger charge is -2.16. The van der Waals surface area contributed by atoms with Crippen LogP contribution in [0.1, 0.15) is 42.9 Å². The van der Waals surface area contributed by atoms with Gasteiger partial charge in [-0.05, 0) is 26.3 Å². The first-order valence-electron chi connectivity index (χ1n) is 5.03. The summed E-state index contributed by atoms with van der Waals surface area (Å²) >= 11 is 0. The minimum Gasteiger partial charge on any atom is -0.298 e. The van der Waals surface area contributed by atoms with Gasteiger partial charge in [0.15, 0.2) is 6.23 Å². The smallest absolute Gasteiger partial charge is 0.180 e. The van der Waals surface area contributed by atoms with Crippen molar-refractivity contribution in [2.75, 3.05) is 0 Å². The van der Waals surface area contributed by atoms with Gasteiger partial charge < -0.3 is 0 Å². The third-order valence-electron chi connectivity index (χ3n) is 2.40. The molecule has 0 amide bonds. The van der Waals surface area contributed by atoms with Crippen LogP contribution in [0.15, 0.2) is 24.3 Å². The number of hydrogen-bond donors (Lipinski definition) is 0. The third-order valence-corrected chi connectivity index (χ3v) is 2.40. The Morgan fingerprint density at radius 1 is 1.27 bits per heavy atom. The first-order valence-corrected chi connectivity index (χ1v) is 5.03. The van der Waals surface area contributed by atoms with Crippen molar-refractivity contribution in [1.82, 2.24) is 5.06 Å². The molecule has 1 aromatic carbocycles. The molecule has 0 bridgehead atoms. The number of carbonyl (C=O) groups is 1. The summed E-state index contributed by atoms with van der Waals surface area (Å²) in [5.74, 6) is 0. The van der Waals surface area contributed by atoms with Crippen molar-refractivity contribution >= 4 is 6.29 Å². The van der Waals surface area contributed by atoms with Gasteiger partial charge in [-0.2, -0.15) is 0 Å². The maximum Gasteiger partial charge on any atom is 0.180 e. The van der Waals surface area contributed by atoms with Crippen molar-refractivity contribution in [3.8, 4) is 0 Å². The van der Waals surface area contributed by atoms with Crippen molar-refractivity contribution in [2.45, 2.75) is 32.5 Å². The summed E-state index contributed by atoms with van der Waals surface area (Å²) in [5, 5.41) is 1.95. The Morgan fingerprint density at radius 3 is 2.27 bits per heavy atom. The first kappa shape index (κ1) is 10.3. The summed E-state index contributed by atoms with van der Waals surface area (Å²) in [4.78, 5) is 16.0. The van der Waals surface area contributed by atoms with Crippen LogP contribution in [0.25, 0.3) is 0 Å². The summed E-state index contributed by atoms with van der Waals surface area (Å²) in [5.41, 5.74) is 1.81. The third kappa shape index (κ3) is 2.08. The van der Waals surface area contributed by atoms with E-state index in [0.29, 0.717) is 5.56 Å². The van der Waals surface area contributed by atoms with E-state index < -0.39 is 0 Å². The highest BCUT2D eigenvalue weighted by molar-refractivity contribution is 5.74. The molecule has 0 spiro atoms. The van der Waals surface area contributed by atoms with Crippen LogP contribution in [0, 0.1) is 0 Å². The highest BCUT2D eigenvalue weighted by atomic mass is 16.8. The van der Waals surface area contributed by atoms with E-state index in [-0.39, 0.29) is 11.8 Å². The average molecular weight is 205 g/mol. The molecule has 0 aliphatic carbocycles. The van der Waals surface area contributed by atoms with E-state index in [4.69, 9.17) is 4.84 Å². The van der Waals surface area contributed by atoms with Crippen LogP contribution < -0.4 is 0 Å². The van der Waals surface area contributed by atoms with Crippen LogP contribution in [0.2, 0.25) is 0 Å². The zero-order valence-corrected chi connectivity index (χ0v) is 9.23. The molecule has 1 heterocycles. The first-order chi connectivity index (χ1) is 7.02. The maximum absolute atomic E-state index is 10.5. The fourth-order valence-corrected chi connectivity index (χ4v) is 1.53. The molecule has 3 nitrogen and oxygen atoms in total. The molecule has 3 heteroatoms. The van der Waals surface area contributed by atoms with Crippen LogP contribution in [-0.2, 0) is 4.84 Å². The molecule has 2 atom stereocenters. The Hall–Kier alpha value is -1.19. The quantitative estimate of drug-likeness (QED) is 0.549. The number of carbonyl (C=O) groups excluding carboxylic acids is 1. The molecule has 0 radical (unpaired) electrons. The minimum atomic E-state index is 0.0218. The van der Waals surface area contributed by atoms with E-state index in [1.807, 2.05) is 29.3 Å². The maximum atomic E-state index is 10.5. The summed E-state index contributed by atoms with van der Waals surface area (Å²) in [6.07, 6.45) is 0.893. The van der Waals surface area contributed by atoms with Crippen molar-refractivity contribution in [3.05, 3.63) is 35.4 Å². The molecule has 0 N–H and O–H groups in total. The second-order valence-electron chi connectivity index (χ2n) is 4.74. The van der Waals surface area contributed by atoms with Crippen LogP contribution in [0.3, 0.4) is 0 Å². The number of rotatable bonds is 2. The standard InChI is InChI=1S/C12H15NO2/c1-12(2,3)13-11(15-13)10-6-4-9(8-14)5-7-10/h4-8,11H,1-3H3/t11-,13?/m1/s1. The van der Waals surface area contributed by atoms with Crippen molar-refractivity contribution in [3.63, 3.8) is 0 Å². The Balaban J connectivity index is 2.10. The molecule has 1 aliphatic rings. The molecule has 1 unspecified atom stereocenters. The molecule has 1 aliphatic heterocycles. The summed E-state index contributed by atoms with van der Waals surface area (Å²) in [7, 11) is 0. The van der Waals surface area contributed by atoms with Gasteiger partial charge in [0.1, 0.15) is 6.29 Å². The second kappa shape index (κ2) is 3.43. The zero-order chi connectivity index (χ0) is 11.1. The van der Waals surface area contributed by atoms with E-state index in [2.05, 4.69) is 20.8 Å². The van der Waals surface area contributed by atoms with Gasteiger partial charge in [0, 0.05) is 11.1 Å². The van der Waals surface area contributed by atoms with Gasteiger partial charge in [-0.15, -0.1) is 5.06 Å². The van der Waals surface area contributed by atoms with Crippen LogP contribution >= 0.6 is 0 Å². The molecule has 15 heavy (non-hydrogen) atoms. The van der Waals surface area contributed by atoms with Crippen molar-refractivity contribution in [2.24, 2.45) is 0 Å². The summed E-state index contributed by atoms with van der Waals surface area (Å²) in [6, 6.07) is 7.48. The van der Waals surface area contributed by atoms with Crippen molar-refractivity contribution < 1.29 is 9.63 Å². The van der Waals surface area contributed by atoms with E-state index in [1.54, 1.807) is 0 Å². The van der Waals surface area contributed by atoms with Gasteiger partial charge in [0.25, 0.3) is 0 Å². The fourth-order valence-electron chi connectivity index (χ4n) is 1.53. The number of aldehydes is 1. The van der Waals surface area contributed by atoms with E-state index in [1.165, 1.54) is 0 Å². The van der Waals surface area contributed by atoms with E-state index in [0.717, 1.165) is 11.8 Å². The lowest BCUT2D eigenvalue weighted by atomic mass is 10.1. The van der Waals surface area contributed by atoms with Crippen LogP contribution in [-0.4, -0.2) is 16.9 Å². The van der Waals surface area contributed by atoms with Gasteiger partial charge in [0.05, 0.1) is 0 Å². The van der Waals surface area contributed by atoms with E-state index >= 15 is 0 Å². The summed E-state index contributed by atoms with van der Waals surface area (Å²) in [6.45, 7) is 6.31. The molecular formula is C12H15NO2. The largest absolute Gasteiger partial charge is 0.298 e. The highest BCUT2D eigenvalue weighted by Gasteiger charge is 2.45. The molecule has 1 aromatic rings. The van der Waals surface area contributed by atoms with Crippen LogP contribution in [0.5, 0.6) is 0 Å². The van der Waals surface area contributed by atoms with Gasteiger partial charge in [0.2, 0.25) is 0 Å². The summed E-state index contributed by atoms with van der Waals surface area (Å²) < 4.78 is 0. The highest BCUT2D eigenvalue weighted by Crippen LogP contribution is 2.42. The normalized spacial score (nSPS) is 25.0. The lowest BCUT2D eigenvalue weighted by molar-refractivity contribution is 0.101. The number of benzene rings is 1. The molecule has 80 valence electrons. The predicted octanol–water partition coefficient (Wildman–Crippen LogP) is 2.54. The SMILES string of the molecule is CC(C)(C)N1O[C@@H]1c1ccc(C=O)cc1. The molecule has 2 rings (SSSR count).